The number of fused-ring (bicyclic) bond motifs is 1. The number of carbonyl (C=O) groups is 1. The third-order valence-corrected chi connectivity index (χ3v) is 4.99. The molecule has 2 N–H and O–H groups in total. The average molecular weight is 396 g/mol. The zero-order valence-corrected chi connectivity index (χ0v) is 17.0. The van der Waals surface area contributed by atoms with Crippen molar-refractivity contribution in [1.82, 2.24) is 29.7 Å². The first-order chi connectivity index (χ1) is 14.1. The molecular formula is C21H28N6O2. The van der Waals surface area contributed by atoms with Gasteiger partial charge in [-0.2, -0.15) is 10.2 Å². The number of nitrogens with zero attached hydrogens (tertiary/aromatic N) is 4. The lowest BCUT2D eigenvalue weighted by Crippen LogP contribution is -2.22. The van der Waals surface area contributed by atoms with Crippen LogP contribution < -0.4 is 10.9 Å². The predicted molar refractivity (Wildman–Crippen MR) is 112 cm³/mol. The van der Waals surface area contributed by atoms with Crippen molar-refractivity contribution >= 4 is 11.4 Å². The van der Waals surface area contributed by atoms with E-state index in [4.69, 9.17) is 0 Å². The van der Waals surface area contributed by atoms with E-state index in [1.165, 1.54) is 32.1 Å². The lowest BCUT2D eigenvalue weighted by Gasteiger charge is -2.10. The Morgan fingerprint density at radius 3 is 2.31 bits per heavy atom. The molecule has 0 bridgehead atoms. The second kappa shape index (κ2) is 9.86. The van der Waals surface area contributed by atoms with Crippen molar-refractivity contribution in [2.45, 2.75) is 44.9 Å². The first-order valence-corrected chi connectivity index (χ1v) is 10.1. The van der Waals surface area contributed by atoms with Crippen LogP contribution in [0, 0.1) is 0 Å². The van der Waals surface area contributed by atoms with E-state index in [-0.39, 0.29) is 11.5 Å². The van der Waals surface area contributed by atoms with Crippen LogP contribution in [-0.4, -0.2) is 37.3 Å². The summed E-state index contributed by atoms with van der Waals surface area (Å²) >= 11 is 0. The molecule has 1 saturated carbocycles. The van der Waals surface area contributed by atoms with Gasteiger partial charge in [0.2, 0.25) is 5.91 Å². The first kappa shape index (κ1) is 20.6. The fraction of sp³-hybridized carbons (Fsp3) is 0.429. The van der Waals surface area contributed by atoms with Crippen LogP contribution in [0.4, 0.5) is 0 Å². The van der Waals surface area contributed by atoms with Gasteiger partial charge in [0, 0.05) is 31.4 Å². The Kier molecular flexibility index (Phi) is 6.99. The van der Waals surface area contributed by atoms with Crippen LogP contribution in [0.1, 0.15) is 44.9 Å². The highest BCUT2D eigenvalue weighted by molar-refractivity contribution is 5.94. The van der Waals surface area contributed by atoms with E-state index >= 15 is 0 Å². The maximum Gasteiger partial charge on any atom is 0.274 e. The number of amides is 1. The highest BCUT2D eigenvalue weighted by atomic mass is 16.1. The van der Waals surface area contributed by atoms with Crippen molar-refractivity contribution in [2.24, 2.45) is 7.05 Å². The minimum Gasteiger partial charge on any atom is -0.355 e. The van der Waals surface area contributed by atoms with Crippen molar-refractivity contribution in [3.8, 4) is 11.3 Å². The van der Waals surface area contributed by atoms with Gasteiger partial charge in [-0.1, -0.05) is 38.2 Å². The molecule has 0 radical (unpaired) electrons. The molecule has 8 heteroatoms. The SMILES string of the molecule is C1CCCC1.CNC(=O)C1=CCC1.Cn1cc(-c2cn3nccc3c(=O)[nH]2)cn1. The summed E-state index contributed by atoms with van der Waals surface area (Å²) in [4.78, 5) is 25.1. The Labute approximate surface area is 169 Å². The summed E-state index contributed by atoms with van der Waals surface area (Å²) in [5, 5.41) is 10.7. The molecule has 0 unspecified atom stereocenters. The minimum atomic E-state index is -0.154. The molecule has 0 aromatic carbocycles. The fourth-order valence-corrected chi connectivity index (χ4v) is 3.18. The van der Waals surface area contributed by atoms with Gasteiger partial charge in [-0.05, 0) is 18.9 Å². The van der Waals surface area contributed by atoms with Crippen molar-refractivity contribution in [3.63, 3.8) is 0 Å². The summed E-state index contributed by atoms with van der Waals surface area (Å²) in [5.41, 5.74) is 2.88. The van der Waals surface area contributed by atoms with Gasteiger partial charge in [0.1, 0.15) is 5.52 Å². The standard InChI is InChI=1S/C10H9N5O.C6H9NO.C5H10/c1-14-5-7(4-12-14)8-6-15-9(2-3-11-15)10(16)13-8;1-7-6(8)5-3-2-4-5;1-2-4-5-3-1/h2-6H,1H3,(H,13,16);3H,2,4H2,1H3,(H,7,8);1-5H2. The molecule has 8 nitrogen and oxygen atoms in total. The van der Waals surface area contributed by atoms with Gasteiger partial charge in [0.25, 0.3) is 5.56 Å². The molecule has 1 amide bonds. The van der Waals surface area contributed by atoms with Crippen molar-refractivity contribution < 1.29 is 4.79 Å². The van der Waals surface area contributed by atoms with Crippen LogP contribution in [0.5, 0.6) is 0 Å². The molecule has 154 valence electrons. The Balaban J connectivity index is 0.000000153. The van der Waals surface area contributed by atoms with E-state index in [9.17, 15) is 9.59 Å². The molecule has 3 aromatic heterocycles. The molecule has 3 heterocycles. The third-order valence-electron chi connectivity index (χ3n) is 4.99. The summed E-state index contributed by atoms with van der Waals surface area (Å²) in [5.74, 6) is 0.0799. The molecule has 29 heavy (non-hydrogen) atoms. The van der Waals surface area contributed by atoms with Gasteiger partial charge < -0.3 is 10.3 Å². The predicted octanol–water partition coefficient (Wildman–Crippen LogP) is 2.83. The van der Waals surface area contributed by atoms with E-state index in [1.54, 1.807) is 40.9 Å². The summed E-state index contributed by atoms with van der Waals surface area (Å²) < 4.78 is 3.24. The van der Waals surface area contributed by atoms with E-state index in [0.717, 1.165) is 24.0 Å². The second-order valence-corrected chi connectivity index (χ2v) is 7.18. The molecule has 0 aliphatic heterocycles. The van der Waals surface area contributed by atoms with Gasteiger partial charge in [-0.3, -0.25) is 14.3 Å². The van der Waals surface area contributed by atoms with Crippen molar-refractivity contribution in [1.29, 1.82) is 0 Å². The van der Waals surface area contributed by atoms with Gasteiger partial charge in [0.05, 0.1) is 24.3 Å². The third kappa shape index (κ3) is 5.43. The summed E-state index contributed by atoms with van der Waals surface area (Å²) in [6.45, 7) is 0. The zero-order valence-electron chi connectivity index (χ0n) is 17.0. The smallest absolute Gasteiger partial charge is 0.274 e. The molecule has 2 aliphatic rings. The summed E-state index contributed by atoms with van der Waals surface area (Å²) in [6.07, 6.45) is 18.4. The Morgan fingerprint density at radius 1 is 1.14 bits per heavy atom. The van der Waals surface area contributed by atoms with E-state index < -0.39 is 0 Å². The molecule has 1 fully saturated rings. The molecule has 3 aromatic rings. The number of carbonyl (C=O) groups excluding carboxylic acids is 1. The largest absolute Gasteiger partial charge is 0.355 e. The van der Waals surface area contributed by atoms with E-state index in [2.05, 4.69) is 20.5 Å². The number of rotatable bonds is 2. The average Bonchev–Trinajstić information content (AvgIpc) is 3.43. The maximum absolute atomic E-state index is 11.7. The lowest BCUT2D eigenvalue weighted by atomic mass is 9.99. The van der Waals surface area contributed by atoms with Crippen molar-refractivity contribution in [3.05, 3.63) is 52.9 Å². The highest BCUT2D eigenvalue weighted by Crippen LogP contribution is 2.17. The Morgan fingerprint density at radius 2 is 1.83 bits per heavy atom. The summed E-state index contributed by atoms with van der Waals surface area (Å²) in [6, 6.07) is 1.67. The quantitative estimate of drug-likeness (QED) is 0.696. The molecule has 0 atom stereocenters. The number of hydrogen-bond acceptors (Lipinski definition) is 4. The van der Waals surface area contributed by atoms with Crippen LogP contribution in [-0.2, 0) is 11.8 Å². The number of aromatic amines is 1. The molecule has 0 spiro atoms. The number of aromatic nitrogens is 5. The first-order valence-electron chi connectivity index (χ1n) is 10.1. The van der Waals surface area contributed by atoms with E-state index in [1.807, 2.05) is 19.3 Å². The molecule has 5 rings (SSSR count). The van der Waals surface area contributed by atoms with Crippen LogP contribution in [0.15, 0.2) is 47.3 Å². The number of nitrogens with one attached hydrogen (secondary N) is 2. The van der Waals surface area contributed by atoms with E-state index in [0.29, 0.717) is 11.2 Å². The monoisotopic (exact) mass is 396 g/mol. The number of likely N-dealkylation sites (N-methyl/N-ethyl adjacent to an activating group) is 1. The highest BCUT2D eigenvalue weighted by Gasteiger charge is 2.11. The van der Waals surface area contributed by atoms with Gasteiger partial charge in [-0.15, -0.1) is 0 Å². The Bertz CT molecular complexity index is 1030. The number of aryl methyl sites for hydroxylation is 1. The fourth-order valence-electron chi connectivity index (χ4n) is 3.18. The second-order valence-electron chi connectivity index (χ2n) is 7.18. The van der Waals surface area contributed by atoms with Crippen LogP contribution in [0.25, 0.3) is 16.8 Å². The van der Waals surface area contributed by atoms with Crippen LogP contribution >= 0.6 is 0 Å². The van der Waals surface area contributed by atoms with Crippen molar-refractivity contribution in [2.75, 3.05) is 7.05 Å². The van der Waals surface area contributed by atoms with Gasteiger partial charge >= 0.3 is 0 Å². The van der Waals surface area contributed by atoms with Gasteiger partial charge in [0.15, 0.2) is 0 Å². The van der Waals surface area contributed by atoms with Crippen LogP contribution in [0.3, 0.4) is 0 Å². The maximum atomic E-state index is 11.7. The molecular weight excluding hydrogens is 368 g/mol. The molecule has 0 saturated heterocycles. The number of H-pyrrole nitrogens is 1. The number of hydrogen-bond donors (Lipinski definition) is 2. The van der Waals surface area contributed by atoms with Crippen LogP contribution in [0.2, 0.25) is 0 Å². The zero-order chi connectivity index (χ0) is 20.6. The topological polar surface area (TPSA) is 97.1 Å². The normalized spacial score (nSPS) is 14.8. The van der Waals surface area contributed by atoms with Gasteiger partial charge in [-0.25, -0.2) is 4.52 Å². The minimum absolute atomic E-state index is 0.0799. The lowest BCUT2D eigenvalue weighted by molar-refractivity contribution is -0.117. The molecule has 2 aliphatic carbocycles. The summed E-state index contributed by atoms with van der Waals surface area (Å²) in [7, 11) is 3.48. The Hall–Kier alpha value is -3.16. The number of allylic oxidation sites excluding steroid dienone is 1.